The highest BCUT2D eigenvalue weighted by atomic mass is 35.5. The summed E-state index contributed by atoms with van der Waals surface area (Å²) in [6, 6.07) is 3.85. The molecule has 1 heterocycles. The van der Waals surface area contributed by atoms with Crippen LogP contribution in [0.4, 0.5) is 5.82 Å². The quantitative estimate of drug-likeness (QED) is 0.933. The van der Waals surface area contributed by atoms with E-state index in [-0.39, 0.29) is 0 Å². The molecule has 0 bridgehead atoms. The minimum Gasteiger partial charge on any atom is -0.381 e. The van der Waals surface area contributed by atoms with Gasteiger partial charge in [0.15, 0.2) is 0 Å². The molecule has 20 heavy (non-hydrogen) atoms. The van der Waals surface area contributed by atoms with E-state index in [1.54, 1.807) is 25.4 Å². The Balaban J connectivity index is 1.81. The third kappa shape index (κ3) is 2.82. The predicted octanol–water partition coefficient (Wildman–Crippen LogP) is 3.92. The fraction of sp³-hybridized carbons (Fsp3) is 0.429. The number of hydrogen-bond acceptors (Lipinski definition) is 4. The number of methoxy groups -OCH3 is 1. The number of hydrogen-bond donors (Lipinski definition) is 1. The molecule has 0 saturated heterocycles. The third-order valence-electron chi connectivity index (χ3n) is 3.65. The van der Waals surface area contributed by atoms with E-state index in [1.807, 2.05) is 0 Å². The summed E-state index contributed by atoms with van der Waals surface area (Å²) in [5, 5.41) is 4.39. The lowest BCUT2D eigenvalue weighted by Gasteiger charge is -2.13. The van der Waals surface area contributed by atoms with Crippen molar-refractivity contribution in [2.75, 3.05) is 12.4 Å². The Hall–Kier alpha value is -1.10. The minimum atomic E-state index is 0.342. The van der Waals surface area contributed by atoms with Crippen molar-refractivity contribution in [1.29, 1.82) is 0 Å². The van der Waals surface area contributed by atoms with Gasteiger partial charge in [-0.25, -0.2) is 4.98 Å². The molecule has 6 heteroatoms. The second kappa shape index (κ2) is 5.72. The minimum absolute atomic E-state index is 0.342. The molecule has 1 aliphatic carbocycles. The van der Waals surface area contributed by atoms with Gasteiger partial charge >= 0.3 is 0 Å². The largest absolute Gasteiger partial charge is 0.381 e. The van der Waals surface area contributed by atoms with E-state index in [4.69, 9.17) is 27.9 Å². The zero-order valence-corrected chi connectivity index (χ0v) is 12.6. The fourth-order valence-corrected chi connectivity index (χ4v) is 2.89. The monoisotopic (exact) mass is 311 g/mol. The normalized spacial score (nSPS) is 22.4. The van der Waals surface area contributed by atoms with Crippen molar-refractivity contribution in [3.05, 3.63) is 28.4 Å². The fourth-order valence-electron chi connectivity index (χ4n) is 2.57. The van der Waals surface area contributed by atoms with Crippen molar-refractivity contribution < 1.29 is 4.74 Å². The third-order valence-corrected chi connectivity index (χ3v) is 4.38. The number of nitrogens with zero attached hydrogens (tertiary/aromatic N) is 2. The van der Waals surface area contributed by atoms with E-state index in [2.05, 4.69) is 15.3 Å². The van der Waals surface area contributed by atoms with E-state index < -0.39 is 0 Å². The molecule has 1 aliphatic rings. The van der Waals surface area contributed by atoms with Crippen LogP contribution in [0.25, 0.3) is 11.0 Å². The Morgan fingerprint density at radius 1 is 1.20 bits per heavy atom. The van der Waals surface area contributed by atoms with Gasteiger partial charge in [-0.1, -0.05) is 23.2 Å². The summed E-state index contributed by atoms with van der Waals surface area (Å²) in [5.41, 5.74) is 1.48. The summed E-state index contributed by atoms with van der Waals surface area (Å²) in [6.45, 7) is 0. The first-order chi connectivity index (χ1) is 9.65. The molecule has 2 atom stereocenters. The molecule has 0 amide bonds. The first kappa shape index (κ1) is 13.9. The Kier molecular flexibility index (Phi) is 3.96. The molecule has 1 saturated carbocycles. The molecule has 2 aromatic rings. The van der Waals surface area contributed by atoms with Crippen LogP contribution >= 0.6 is 23.2 Å². The van der Waals surface area contributed by atoms with Gasteiger partial charge in [-0.15, -0.1) is 0 Å². The number of nitrogens with one attached hydrogen (secondary N) is 1. The topological polar surface area (TPSA) is 47.0 Å². The average Bonchev–Trinajstić information content (AvgIpc) is 2.88. The lowest BCUT2D eigenvalue weighted by Crippen LogP contribution is -2.18. The van der Waals surface area contributed by atoms with Crippen LogP contribution in [0.3, 0.4) is 0 Å². The van der Waals surface area contributed by atoms with Gasteiger partial charge in [-0.3, -0.25) is 4.98 Å². The van der Waals surface area contributed by atoms with E-state index in [9.17, 15) is 0 Å². The first-order valence-corrected chi connectivity index (χ1v) is 7.32. The predicted molar refractivity (Wildman–Crippen MR) is 81.6 cm³/mol. The van der Waals surface area contributed by atoms with Gasteiger partial charge in [0.1, 0.15) is 5.82 Å². The van der Waals surface area contributed by atoms with Crippen LogP contribution < -0.4 is 5.32 Å². The van der Waals surface area contributed by atoms with E-state index in [1.165, 1.54) is 0 Å². The Labute approximate surface area is 127 Å². The number of aromatic nitrogens is 2. The van der Waals surface area contributed by atoms with E-state index in [0.29, 0.717) is 22.2 Å². The van der Waals surface area contributed by atoms with E-state index in [0.717, 1.165) is 36.1 Å². The summed E-state index contributed by atoms with van der Waals surface area (Å²) in [6.07, 6.45) is 5.23. The van der Waals surface area contributed by atoms with Gasteiger partial charge in [0, 0.05) is 13.2 Å². The maximum Gasteiger partial charge on any atom is 0.145 e. The lowest BCUT2D eigenvalue weighted by atomic mass is 10.2. The lowest BCUT2D eigenvalue weighted by molar-refractivity contribution is 0.108. The van der Waals surface area contributed by atoms with Crippen LogP contribution in [-0.2, 0) is 4.74 Å². The van der Waals surface area contributed by atoms with Crippen molar-refractivity contribution in [3.63, 3.8) is 0 Å². The molecule has 1 aromatic heterocycles. The zero-order valence-electron chi connectivity index (χ0n) is 11.1. The van der Waals surface area contributed by atoms with Crippen LogP contribution in [0.5, 0.6) is 0 Å². The Morgan fingerprint density at radius 2 is 1.95 bits per heavy atom. The van der Waals surface area contributed by atoms with Crippen LogP contribution in [0, 0.1) is 0 Å². The summed E-state index contributed by atoms with van der Waals surface area (Å²) >= 11 is 12.0. The number of ether oxygens (including phenoxy) is 1. The summed E-state index contributed by atoms with van der Waals surface area (Å²) in [4.78, 5) is 8.90. The Morgan fingerprint density at radius 3 is 2.65 bits per heavy atom. The highest BCUT2D eigenvalue weighted by Crippen LogP contribution is 2.28. The molecule has 106 valence electrons. The van der Waals surface area contributed by atoms with Crippen molar-refractivity contribution >= 4 is 40.1 Å². The van der Waals surface area contributed by atoms with Crippen LogP contribution in [-0.4, -0.2) is 29.2 Å². The van der Waals surface area contributed by atoms with E-state index >= 15 is 0 Å². The molecule has 0 aliphatic heterocycles. The SMILES string of the molecule is COC1CCC(Nc2cnc3cc(Cl)c(Cl)cc3n2)C1. The number of rotatable bonds is 3. The summed E-state index contributed by atoms with van der Waals surface area (Å²) in [7, 11) is 1.76. The van der Waals surface area contributed by atoms with Crippen LogP contribution in [0.15, 0.2) is 18.3 Å². The van der Waals surface area contributed by atoms with Gasteiger partial charge in [0.05, 0.1) is 33.4 Å². The van der Waals surface area contributed by atoms with Crippen molar-refractivity contribution in [2.24, 2.45) is 0 Å². The molecule has 0 radical (unpaired) electrons. The maximum absolute atomic E-state index is 6.01. The van der Waals surface area contributed by atoms with Gasteiger partial charge in [0.2, 0.25) is 0 Å². The van der Waals surface area contributed by atoms with Gasteiger partial charge in [-0.05, 0) is 31.4 Å². The van der Waals surface area contributed by atoms with Gasteiger partial charge in [0.25, 0.3) is 0 Å². The van der Waals surface area contributed by atoms with Crippen molar-refractivity contribution in [2.45, 2.75) is 31.4 Å². The number of halogens is 2. The summed E-state index contributed by atoms with van der Waals surface area (Å²) < 4.78 is 5.37. The molecular formula is C14H15Cl2N3O. The average molecular weight is 312 g/mol. The number of anilines is 1. The highest BCUT2D eigenvalue weighted by molar-refractivity contribution is 6.42. The van der Waals surface area contributed by atoms with Gasteiger partial charge in [-0.2, -0.15) is 0 Å². The second-order valence-corrected chi connectivity index (χ2v) is 5.84. The molecule has 0 spiro atoms. The first-order valence-electron chi connectivity index (χ1n) is 6.57. The van der Waals surface area contributed by atoms with Gasteiger partial charge < -0.3 is 10.1 Å². The molecule has 1 fully saturated rings. The molecule has 4 nitrogen and oxygen atoms in total. The standard InChI is InChI=1S/C14H15Cl2N3O/c1-20-9-3-2-8(4-9)18-14-7-17-12-5-10(15)11(16)6-13(12)19-14/h5-9H,2-4H2,1H3,(H,18,19). The molecule has 3 rings (SSSR count). The molecule has 1 aromatic carbocycles. The van der Waals surface area contributed by atoms with Crippen molar-refractivity contribution in [3.8, 4) is 0 Å². The van der Waals surface area contributed by atoms with Crippen molar-refractivity contribution in [1.82, 2.24) is 9.97 Å². The molecular weight excluding hydrogens is 297 g/mol. The smallest absolute Gasteiger partial charge is 0.145 e. The second-order valence-electron chi connectivity index (χ2n) is 5.02. The van der Waals surface area contributed by atoms with Crippen LogP contribution in [0.2, 0.25) is 10.0 Å². The number of fused-ring (bicyclic) bond motifs is 1. The Bertz CT molecular complexity index is 635. The molecule has 2 unspecified atom stereocenters. The molecule has 1 N–H and O–H groups in total. The summed E-state index contributed by atoms with van der Waals surface area (Å²) in [5.74, 6) is 0.762. The van der Waals surface area contributed by atoms with Crippen LogP contribution in [0.1, 0.15) is 19.3 Å². The number of benzene rings is 1. The zero-order chi connectivity index (χ0) is 14.1. The maximum atomic E-state index is 6.01. The highest BCUT2D eigenvalue weighted by Gasteiger charge is 2.24.